The van der Waals surface area contributed by atoms with E-state index in [1.807, 2.05) is 13.8 Å². The first-order valence-corrected chi connectivity index (χ1v) is 10.8. The van der Waals surface area contributed by atoms with Crippen LogP contribution < -0.4 is 16.0 Å². The van der Waals surface area contributed by atoms with Crippen molar-refractivity contribution >= 4 is 20.9 Å². The monoisotopic (exact) mass is 417 g/mol. The molecule has 29 heavy (non-hydrogen) atoms. The fourth-order valence-corrected chi connectivity index (χ4v) is 4.94. The highest BCUT2D eigenvalue weighted by Gasteiger charge is 2.41. The molecule has 154 valence electrons. The van der Waals surface area contributed by atoms with Gasteiger partial charge < -0.3 is 0 Å². The summed E-state index contributed by atoms with van der Waals surface area (Å²) in [4.78, 5) is 25.9. The number of nitrogens with one attached hydrogen (secondary N) is 1. The SMILES string of the molecule is Cc1cc(Cn2c(=O)c3cc(S(=O)(=O)NC4(C)CC4)ccc3n(C)c2=O)n(C)n1. The van der Waals surface area contributed by atoms with Crippen molar-refractivity contribution < 1.29 is 8.42 Å². The van der Waals surface area contributed by atoms with Gasteiger partial charge in [0.15, 0.2) is 0 Å². The van der Waals surface area contributed by atoms with E-state index in [2.05, 4.69) is 9.82 Å². The van der Waals surface area contributed by atoms with Crippen molar-refractivity contribution in [3.05, 3.63) is 56.5 Å². The Balaban J connectivity index is 1.87. The van der Waals surface area contributed by atoms with Crippen LogP contribution in [-0.4, -0.2) is 32.9 Å². The number of fused-ring (bicyclic) bond motifs is 1. The van der Waals surface area contributed by atoms with Crippen LogP contribution in [0.4, 0.5) is 0 Å². The maximum Gasteiger partial charge on any atom is 0.331 e. The van der Waals surface area contributed by atoms with Gasteiger partial charge in [0.25, 0.3) is 5.56 Å². The number of hydrogen-bond acceptors (Lipinski definition) is 5. The van der Waals surface area contributed by atoms with Crippen LogP contribution in [0, 0.1) is 6.92 Å². The summed E-state index contributed by atoms with van der Waals surface area (Å²) in [5.41, 5.74) is 0.440. The number of sulfonamides is 1. The predicted octanol–water partition coefficient (Wildman–Crippen LogP) is 0.621. The minimum atomic E-state index is -3.76. The van der Waals surface area contributed by atoms with E-state index in [4.69, 9.17) is 0 Å². The molecular formula is C19H23N5O4S. The molecule has 0 atom stereocenters. The lowest BCUT2D eigenvalue weighted by Crippen LogP contribution is -2.40. The van der Waals surface area contributed by atoms with Gasteiger partial charge in [-0.1, -0.05) is 0 Å². The average Bonchev–Trinajstić information content (AvgIpc) is 3.27. The highest BCUT2D eigenvalue weighted by Crippen LogP contribution is 2.36. The minimum absolute atomic E-state index is 0.0109. The van der Waals surface area contributed by atoms with Crippen LogP contribution in [0.2, 0.25) is 0 Å². The molecule has 1 aliphatic carbocycles. The van der Waals surface area contributed by atoms with E-state index in [0.29, 0.717) is 11.2 Å². The third-order valence-electron chi connectivity index (χ3n) is 5.43. The molecule has 2 heterocycles. The van der Waals surface area contributed by atoms with Crippen LogP contribution in [0.25, 0.3) is 10.9 Å². The zero-order valence-electron chi connectivity index (χ0n) is 16.8. The summed E-state index contributed by atoms with van der Waals surface area (Å²) in [7, 11) is -0.455. The molecule has 10 heteroatoms. The van der Waals surface area contributed by atoms with E-state index in [0.717, 1.165) is 23.1 Å². The fourth-order valence-electron chi connectivity index (χ4n) is 3.45. The van der Waals surface area contributed by atoms with Crippen molar-refractivity contribution in [2.45, 2.75) is 43.7 Å². The molecule has 3 aromatic rings. The molecule has 1 aromatic carbocycles. The van der Waals surface area contributed by atoms with Gasteiger partial charge in [0.2, 0.25) is 10.0 Å². The molecule has 0 spiro atoms. The Morgan fingerprint density at radius 3 is 2.45 bits per heavy atom. The lowest BCUT2D eigenvalue weighted by Gasteiger charge is -2.14. The van der Waals surface area contributed by atoms with Gasteiger partial charge in [-0.2, -0.15) is 5.10 Å². The molecule has 0 saturated heterocycles. The molecule has 1 N–H and O–H groups in total. The Kier molecular flexibility index (Phi) is 4.32. The molecule has 2 aromatic heterocycles. The van der Waals surface area contributed by atoms with Gasteiger partial charge in [-0.15, -0.1) is 0 Å². The van der Waals surface area contributed by atoms with Gasteiger partial charge in [-0.3, -0.25) is 18.6 Å². The van der Waals surface area contributed by atoms with Gasteiger partial charge in [0.1, 0.15) is 0 Å². The quantitative estimate of drug-likeness (QED) is 0.655. The normalized spacial score (nSPS) is 15.7. The molecule has 1 fully saturated rings. The first kappa shape index (κ1) is 19.6. The Morgan fingerprint density at radius 2 is 1.86 bits per heavy atom. The second-order valence-electron chi connectivity index (χ2n) is 7.98. The summed E-state index contributed by atoms with van der Waals surface area (Å²) in [6.07, 6.45) is 1.57. The molecule has 0 bridgehead atoms. The molecule has 1 saturated carbocycles. The summed E-state index contributed by atoms with van der Waals surface area (Å²) >= 11 is 0. The van der Waals surface area contributed by atoms with Crippen LogP contribution in [0.1, 0.15) is 31.2 Å². The average molecular weight is 417 g/mol. The number of benzene rings is 1. The van der Waals surface area contributed by atoms with E-state index >= 15 is 0 Å². The van der Waals surface area contributed by atoms with Crippen LogP contribution >= 0.6 is 0 Å². The highest BCUT2D eigenvalue weighted by atomic mass is 32.2. The minimum Gasteiger partial charge on any atom is -0.296 e. The van der Waals surface area contributed by atoms with Crippen molar-refractivity contribution in [2.75, 3.05) is 0 Å². The Bertz CT molecular complexity index is 1360. The largest absolute Gasteiger partial charge is 0.331 e. The Hall–Kier alpha value is -2.72. The summed E-state index contributed by atoms with van der Waals surface area (Å²) in [6, 6.07) is 6.07. The smallest absolute Gasteiger partial charge is 0.296 e. The summed E-state index contributed by atoms with van der Waals surface area (Å²) in [5.74, 6) is 0. The van der Waals surface area contributed by atoms with Crippen molar-refractivity contribution in [3.8, 4) is 0 Å². The van der Waals surface area contributed by atoms with Crippen LogP contribution in [0.15, 0.2) is 38.8 Å². The van der Waals surface area contributed by atoms with Gasteiger partial charge in [0.05, 0.1) is 33.7 Å². The van der Waals surface area contributed by atoms with Crippen molar-refractivity contribution in [1.82, 2.24) is 23.6 Å². The van der Waals surface area contributed by atoms with Gasteiger partial charge in [-0.25, -0.2) is 17.9 Å². The molecule has 0 amide bonds. The van der Waals surface area contributed by atoms with Crippen LogP contribution in [0.5, 0.6) is 0 Å². The van der Waals surface area contributed by atoms with E-state index < -0.39 is 26.8 Å². The standard InChI is InChI=1S/C19H23N5O4S/c1-12-9-13(23(4)20-12)11-24-17(25)15-10-14(5-6-16(15)22(3)18(24)26)29(27,28)21-19(2)7-8-19/h5-6,9-10,21H,7-8,11H2,1-4H3. The van der Waals surface area contributed by atoms with Gasteiger partial charge >= 0.3 is 5.69 Å². The number of hydrogen-bond donors (Lipinski definition) is 1. The van der Waals surface area contributed by atoms with Gasteiger partial charge in [0, 0.05) is 19.6 Å². The van der Waals surface area contributed by atoms with Crippen LogP contribution in [-0.2, 0) is 30.7 Å². The molecule has 0 radical (unpaired) electrons. The predicted molar refractivity (Wildman–Crippen MR) is 108 cm³/mol. The summed E-state index contributed by atoms with van der Waals surface area (Å²) in [5, 5.41) is 4.42. The fraction of sp³-hybridized carbons (Fsp3) is 0.421. The number of nitrogens with zero attached hydrogens (tertiary/aromatic N) is 4. The first-order valence-electron chi connectivity index (χ1n) is 9.28. The van der Waals surface area contributed by atoms with Crippen molar-refractivity contribution in [2.24, 2.45) is 14.1 Å². The van der Waals surface area contributed by atoms with Gasteiger partial charge in [-0.05, 0) is 51.0 Å². The van der Waals surface area contributed by atoms with E-state index in [1.165, 1.54) is 22.8 Å². The highest BCUT2D eigenvalue weighted by molar-refractivity contribution is 7.89. The first-order chi connectivity index (χ1) is 13.5. The lowest BCUT2D eigenvalue weighted by molar-refractivity contribution is 0.558. The van der Waals surface area contributed by atoms with Crippen molar-refractivity contribution in [1.29, 1.82) is 0 Å². The molecular weight excluding hydrogens is 394 g/mol. The second kappa shape index (κ2) is 6.39. The molecule has 0 aliphatic heterocycles. The zero-order chi connectivity index (χ0) is 21.1. The topological polar surface area (TPSA) is 108 Å². The maximum atomic E-state index is 13.1. The maximum absolute atomic E-state index is 13.1. The van der Waals surface area contributed by atoms with Crippen LogP contribution in [0.3, 0.4) is 0 Å². The lowest BCUT2D eigenvalue weighted by atomic mass is 10.2. The summed E-state index contributed by atoms with van der Waals surface area (Å²) in [6.45, 7) is 3.72. The zero-order valence-corrected chi connectivity index (χ0v) is 17.6. The van der Waals surface area contributed by atoms with E-state index in [9.17, 15) is 18.0 Å². The molecule has 1 aliphatic rings. The third kappa shape index (κ3) is 3.42. The summed E-state index contributed by atoms with van der Waals surface area (Å²) < 4.78 is 32.2. The Morgan fingerprint density at radius 1 is 1.17 bits per heavy atom. The van der Waals surface area contributed by atoms with E-state index in [-0.39, 0.29) is 16.8 Å². The Labute approximate surface area is 167 Å². The number of rotatable bonds is 5. The molecule has 4 rings (SSSR count). The van der Waals surface area contributed by atoms with E-state index in [1.54, 1.807) is 24.8 Å². The number of aryl methyl sites for hydroxylation is 3. The van der Waals surface area contributed by atoms with Crippen molar-refractivity contribution in [3.63, 3.8) is 0 Å². The second-order valence-corrected chi connectivity index (χ2v) is 9.66. The molecule has 0 unspecified atom stereocenters. The number of aromatic nitrogens is 4. The molecule has 9 nitrogen and oxygen atoms in total. The third-order valence-corrected chi connectivity index (χ3v) is 7.07.